The van der Waals surface area contributed by atoms with Crippen molar-refractivity contribution in [1.29, 1.82) is 5.41 Å². The molecule has 28 heavy (non-hydrogen) atoms. The average molecular weight is 374 g/mol. The lowest BCUT2D eigenvalue weighted by molar-refractivity contribution is 0.305. The van der Waals surface area contributed by atoms with Crippen LogP contribution in [0.15, 0.2) is 66.9 Å². The van der Waals surface area contributed by atoms with Crippen LogP contribution < -0.4 is 10.1 Å². The van der Waals surface area contributed by atoms with Crippen LogP contribution in [-0.2, 0) is 6.61 Å². The maximum atomic E-state index is 8.83. The third-order valence-corrected chi connectivity index (χ3v) is 4.37. The smallest absolute Gasteiger partial charge is 0.135 e. The second-order valence-corrected chi connectivity index (χ2v) is 7.86. The Morgan fingerprint density at radius 3 is 2.39 bits per heavy atom. The van der Waals surface area contributed by atoms with E-state index < -0.39 is 0 Å². The van der Waals surface area contributed by atoms with Gasteiger partial charge in [0.05, 0.1) is 5.71 Å². The number of aryl methyl sites for hydroxylation is 1. The Balaban J connectivity index is 1.89. The molecule has 0 bridgehead atoms. The van der Waals surface area contributed by atoms with Crippen molar-refractivity contribution in [3.63, 3.8) is 0 Å². The van der Waals surface area contributed by atoms with E-state index in [9.17, 15) is 0 Å². The summed E-state index contributed by atoms with van der Waals surface area (Å²) < 4.78 is 6.11. The van der Waals surface area contributed by atoms with E-state index in [1.807, 2.05) is 48.5 Å². The Labute approximate surface area is 167 Å². The number of nitrogens with one attached hydrogen (secondary N) is 2. The van der Waals surface area contributed by atoms with Crippen molar-refractivity contribution >= 4 is 11.5 Å². The Morgan fingerprint density at radius 2 is 1.64 bits per heavy atom. The second kappa shape index (κ2) is 8.26. The number of anilines is 1. The summed E-state index contributed by atoms with van der Waals surface area (Å²) in [5.74, 6) is 1.40. The molecule has 0 fully saturated rings. The maximum Gasteiger partial charge on any atom is 0.135 e. The summed E-state index contributed by atoms with van der Waals surface area (Å²) in [6.45, 7) is 8.78. The topological polar surface area (TPSA) is 58.0 Å². The van der Waals surface area contributed by atoms with Crippen LogP contribution in [0.25, 0.3) is 0 Å². The number of hydrogen-bond acceptors (Lipinski definition) is 4. The molecule has 144 valence electrons. The van der Waals surface area contributed by atoms with Gasteiger partial charge in [0.15, 0.2) is 0 Å². The molecule has 1 aromatic heterocycles. The summed E-state index contributed by atoms with van der Waals surface area (Å²) in [5.41, 5.74) is 4.08. The molecule has 2 aromatic carbocycles. The maximum absolute atomic E-state index is 8.83. The Hall–Kier alpha value is -3.14. The van der Waals surface area contributed by atoms with Gasteiger partial charge < -0.3 is 10.1 Å². The van der Waals surface area contributed by atoms with Crippen molar-refractivity contribution in [2.24, 2.45) is 0 Å². The molecule has 0 saturated carbocycles. The van der Waals surface area contributed by atoms with Gasteiger partial charge in [0, 0.05) is 22.9 Å². The number of pyridine rings is 1. The molecule has 1 heterocycles. The van der Waals surface area contributed by atoms with Crippen molar-refractivity contribution in [2.75, 3.05) is 5.32 Å². The molecular formula is C24H27N3O. The van der Waals surface area contributed by atoms with Gasteiger partial charge in [-0.15, -0.1) is 0 Å². The van der Waals surface area contributed by atoms with Gasteiger partial charge in [-0.25, -0.2) is 4.98 Å². The third kappa shape index (κ3) is 4.77. The van der Waals surface area contributed by atoms with Crippen molar-refractivity contribution in [2.45, 2.75) is 39.8 Å². The van der Waals surface area contributed by atoms with Crippen LogP contribution in [0.5, 0.6) is 5.75 Å². The molecule has 0 spiro atoms. The highest BCUT2D eigenvalue weighted by molar-refractivity contribution is 6.15. The number of benzene rings is 2. The quantitative estimate of drug-likeness (QED) is 0.553. The van der Waals surface area contributed by atoms with Gasteiger partial charge in [-0.3, -0.25) is 5.41 Å². The molecule has 3 rings (SSSR count). The Kier molecular flexibility index (Phi) is 5.78. The normalized spacial score (nSPS) is 11.1. The second-order valence-electron chi connectivity index (χ2n) is 7.86. The number of aromatic nitrogens is 1. The van der Waals surface area contributed by atoms with E-state index in [0.29, 0.717) is 23.9 Å². The zero-order chi connectivity index (χ0) is 20.1. The number of ether oxygens (including phenoxy) is 1. The van der Waals surface area contributed by atoms with Crippen LogP contribution in [0.1, 0.15) is 43.0 Å². The number of rotatable bonds is 6. The molecule has 0 amide bonds. The van der Waals surface area contributed by atoms with Gasteiger partial charge >= 0.3 is 0 Å². The van der Waals surface area contributed by atoms with Gasteiger partial charge in [0.25, 0.3) is 0 Å². The molecule has 3 aromatic rings. The molecule has 2 N–H and O–H groups in total. The highest BCUT2D eigenvalue weighted by Gasteiger charge is 2.18. The van der Waals surface area contributed by atoms with E-state index >= 15 is 0 Å². The van der Waals surface area contributed by atoms with Crippen LogP contribution in [0.4, 0.5) is 5.82 Å². The zero-order valence-corrected chi connectivity index (χ0v) is 16.9. The van der Waals surface area contributed by atoms with Crippen molar-refractivity contribution < 1.29 is 4.74 Å². The fraction of sp³-hybridized carbons (Fsp3) is 0.250. The predicted molar refractivity (Wildman–Crippen MR) is 115 cm³/mol. The SMILES string of the molecule is Cc1ccccc1COc1ccccc1C(=N)c1cccnc1NC(C)(C)C. The molecule has 0 atom stereocenters. The van der Waals surface area contributed by atoms with E-state index in [1.165, 1.54) is 5.56 Å². The summed E-state index contributed by atoms with van der Waals surface area (Å²) >= 11 is 0. The molecule has 0 aliphatic carbocycles. The van der Waals surface area contributed by atoms with Crippen molar-refractivity contribution in [3.05, 3.63) is 89.1 Å². The van der Waals surface area contributed by atoms with E-state index in [4.69, 9.17) is 10.1 Å². The minimum Gasteiger partial charge on any atom is -0.488 e. The van der Waals surface area contributed by atoms with Crippen LogP contribution >= 0.6 is 0 Å². The van der Waals surface area contributed by atoms with Crippen molar-refractivity contribution in [1.82, 2.24) is 4.98 Å². The number of nitrogens with zero attached hydrogens (tertiary/aromatic N) is 1. The molecule has 4 nitrogen and oxygen atoms in total. The first-order valence-electron chi connectivity index (χ1n) is 9.44. The summed E-state index contributed by atoms with van der Waals surface area (Å²) in [4.78, 5) is 4.45. The van der Waals surface area contributed by atoms with Gasteiger partial charge in [-0.1, -0.05) is 36.4 Å². The Bertz CT molecular complexity index is 973. The summed E-state index contributed by atoms with van der Waals surface area (Å²) in [5, 5.41) is 12.2. The first-order valence-corrected chi connectivity index (χ1v) is 9.44. The summed E-state index contributed by atoms with van der Waals surface area (Å²) in [7, 11) is 0. The van der Waals surface area contributed by atoms with Crippen LogP contribution in [0.2, 0.25) is 0 Å². The first-order chi connectivity index (χ1) is 13.3. The standard InChI is InChI=1S/C24H27N3O/c1-17-10-5-6-11-18(17)16-28-21-14-8-7-12-19(21)22(25)20-13-9-15-26-23(20)27-24(2,3)4/h5-15,25H,16H2,1-4H3,(H,26,27). The molecule has 0 aliphatic heterocycles. The highest BCUT2D eigenvalue weighted by atomic mass is 16.5. The molecule has 0 aliphatic rings. The van der Waals surface area contributed by atoms with Gasteiger partial charge in [0.1, 0.15) is 18.2 Å². The molecule has 0 radical (unpaired) electrons. The third-order valence-electron chi connectivity index (χ3n) is 4.37. The molecular weight excluding hydrogens is 346 g/mol. The van der Waals surface area contributed by atoms with Gasteiger partial charge in [0.2, 0.25) is 0 Å². The van der Waals surface area contributed by atoms with Crippen LogP contribution in [0, 0.1) is 12.3 Å². The summed E-state index contributed by atoms with van der Waals surface area (Å²) in [6.07, 6.45) is 1.74. The minimum absolute atomic E-state index is 0.149. The zero-order valence-electron chi connectivity index (χ0n) is 16.9. The average Bonchev–Trinajstić information content (AvgIpc) is 2.66. The lowest BCUT2D eigenvalue weighted by Gasteiger charge is -2.23. The highest BCUT2D eigenvalue weighted by Crippen LogP contribution is 2.26. The van der Waals surface area contributed by atoms with Gasteiger partial charge in [-0.05, 0) is 63.1 Å². The van der Waals surface area contributed by atoms with E-state index in [0.717, 1.165) is 16.7 Å². The monoisotopic (exact) mass is 373 g/mol. The largest absolute Gasteiger partial charge is 0.488 e. The molecule has 0 unspecified atom stereocenters. The molecule has 4 heteroatoms. The Morgan fingerprint density at radius 1 is 0.964 bits per heavy atom. The fourth-order valence-electron chi connectivity index (χ4n) is 2.93. The summed E-state index contributed by atoms with van der Waals surface area (Å²) in [6, 6.07) is 19.6. The first kappa shape index (κ1) is 19.6. The van der Waals surface area contributed by atoms with Crippen LogP contribution in [0.3, 0.4) is 0 Å². The molecule has 0 saturated heterocycles. The lowest BCUT2D eigenvalue weighted by atomic mass is 10.0. The van der Waals surface area contributed by atoms with E-state index in [-0.39, 0.29) is 5.54 Å². The number of hydrogen-bond donors (Lipinski definition) is 2. The lowest BCUT2D eigenvalue weighted by Crippen LogP contribution is -2.28. The van der Waals surface area contributed by atoms with Crippen LogP contribution in [-0.4, -0.2) is 16.2 Å². The van der Waals surface area contributed by atoms with E-state index in [2.05, 4.69) is 50.1 Å². The number of para-hydroxylation sites is 1. The fourth-order valence-corrected chi connectivity index (χ4v) is 2.93. The predicted octanol–water partition coefficient (Wildman–Crippen LogP) is 5.60. The van der Waals surface area contributed by atoms with E-state index in [1.54, 1.807) is 6.20 Å². The minimum atomic E-state index is -0.149. The van der Waals surface area contributed by atoms with Crippen molar-refractivity contribution in [3.8, 4) is 5.75 Å². The van der Waals surface area contributed by atoms with Gasteiger partial charge in [-0.2, -0.15) is 0 Å².